The standard InChI is InChI=1S/C21H24FN3OS/c1-14-21(15-5-4-6-18(11-15)27-24(2)3)19-12-17(26)7-8-20(19)25(14)13-16(22)9-10-23/h4-9,11-12,26H,10,13,23H2,1-3H3/b16-9-. The monoisotopic (exact) mass is 385 g/mol. The van der Waals surface area contributed by atoms with Crippen LogP contribution in [0.3, 0.4) is 0 Å². The molecule has 0 unspecified atom stereocenters. The smallest absolute Gasteiger partial charge is 0.117 e. The highest BCUT2D eigenvalue weighted by Crippen LogP contribution is 2.38. The van der Waals surface area contributed by atoms with Crippen molar-refractivity contribution in [2.45, 2.75) is 18.4 Å². The van der Waals surface area contributed by atoms with Crippen molar-refractivity contribution in [3.8, 4) is 16.9 Å². The minimum absolute atomic E-state index is 0.121. The van der Waals surface area contributed by atoms with Crippen LogP contribution in [0, 0.1) is 6.92 Å². The fourth-order valence-corrected chi connectivity index (χ4v) is 4.04. The molecule has 3 N–H and O–H groups in total. The number of phenols is 1. The number of hydrogen-bond donors (Lipinski definition) is 2. The maximum Gasteiger partial charge on any atom is 0.117 e. The molecule has 142 valence electrons. The van der Waals surface area contributed by atoms with Crippen molar-refractivity contribution in [3.63, 3.8) is 0 Å². The second-order valence-electron chi connectivity index (χ2n) is 6.57. The molecular formula is C21H24FN3OS. The van der Waals surface area contributed by atoms with E-state index in [2.05, 4.69) is 12.1 Å². The van der Waals surface area contributed by atoms with Crippen LogP contribution in [-0.2, 0) is 6.54 Å². The van der Waals surface area contributed by atoms with E-state index in [1.165, 1.54) is 6.08 Å². The molecule has 0 aliphatic heterocycles. The van der Waals surface area contributed by atoms with Crippen molar-refractivity contribution in [2.24, 2.45) is 5.73 Å². The van der Waals surface area contributed by atoms with Gasteiger partial charge in [0.25, 0.3) is 0 Å². The van der Waals surface area contributed by atoms with Gasteiger partial charge in [-0.25, -0.2) is 4.39 Å². The van der Waals surface area contributed by atoms with Gasteiger partial charge in [-0.3, -0.25) is 4.31 Å². The molecule has 4 nitrogen and oxygen atoms in total. The Bertz CT molecular complexity index is 995. The number of aromatic nitrogens is 1. The van der Waals surface area contributed by atoms with Gasteiger partial charge in [-0.15, -0.1) is 0 Å². The molecule has 27 heavy (non-hydrogen) atoms. The quantitative estimate of drug-likeness (QED) is 0.604. The van der Waals surface area contributed by atoms with Crippen molar-refractivity contribution in [1.29, 1.82) is 0 Å². The van der Waals surface area contributed by atoms with Crippen LogP contribution in [0.25, 0.3) is 22.0 Å². The van der Waals surface area contributed by atoms with Crippen molar-refractivity contribution < 1.29 is 9.50 Å². The Balaban J connectivity index is 2.19. The Hall–Kier alpha value is -2.28. The molecule has 0 saturated heterocycles. The number of benzene rings is 2. The highest BCUT2D eigenvalue weighted by molar-refractivity contribution is 7.97. The molecule has 1 aromatic heterocycles. The van der Waals surface area contributed by atoms with Gasteiger partial charge in [-0.05, 0) is 74.9 Å². The van der Waals surface area contributed by atoms with Gasteiger partial charge in [0.1, 0.15) is 11.6 Å². The highest BCUT2D eigenvalue weighted by atomic mass is 32.2. The number of phenolic OH excluding ortho intramolecular Hbond substituents is 1. The zero-order valence-electron chi connectivity index (χ0n) is 15.7. The van der Waals surface area contributed by atoms with Crippen molar-refractivity contribution in [2.75, 3.05) is 20.6 Å². The summed E-state index contributed by atoms with van der Waals surface area (Å²) in [6.07, 6.45) is 1.39. The summed E-state index contributed by atoms with van der Waals surface area (Å²) in [6, 6.07) is 13.4. The van der Waals surface area contributed by atoms with Crippen LogP contribution in [-0.4, -0.2) is 34.6 Å². The number of halogens is 1. The molecule has 6 heteroatoms. The average Bonchev–Trinajstić information content (AvgIpc) is 2.86. The van der Waals surface area contributed by atoms with Crippen LogP contribution >= 0.6 is 11.9 Å². The summed E-state index contributed by atoms with van der Waals surface area (Å²) in [7, 11) is 4.00. The fraction of sp³-hybridized carbons (Fsp3) is 0.238. The zero-order valence-corrected chi connectivity index (χ0v) is 16.6. The number of nitrogens with zero attached hydrogens (tertiary/aromatic N) is 2. The summed E-state index contributed by atoms with van der Waals surface area (Å²) in [6.45, 7) is 2.27. The van der Waals surface area contributed by atoms with Gasteiger partial charge < -0.3 is 15.4 Å². The third-order valence-electron chi connectivity index (χ3n) is 4.37. The summed E-state index contributed by atoms with van der Waals surface area (Å²) in [5.74, 6) is -0.0771. The maximum atomic E-state index is 14.2. The van der Waals surface area contributed by atoms with Crippen LogP contribution in [0.1, 0.15) is 5.69 Å². The Morgan fingerprint density at radius 1 is 1.26 bits per heavy atom. The number of allylic oxidation sites excluding steroid dienone is 1. The lowest BCUT2D eigenvalue weighted by atomic mass is 10.0. The first-order valence-corrected chi connectivity index (χ1v) is 9.50. The molecule has 3 rings (SSSR count). The van der Waals surface area contributed by atoms with Gasteiger partial charge in [0.15, 0.2) is 0 Å². The van der Waals surface area contributed by atoms with Gasteiger partial charge in [-0.2, -0.15) is 0 Å². The van der Waals surface area contributed by atoms with E-state index in [1.807, 2.05) is 48.1 Å². The topological polar surface area (TPSA) is 54.4 Å². The molecule has 0 saturated carbocycles. The van der Waals surface area contributed by atoms with Gasteiger partial charge in [0, 0.05) is 33.6 Å². The van der Waals surface area contributed by atoms with Crippen molar-refractivity contribution in [1.82, 2.24) is 8.87 Å². The van der Waals surface area contributed by atoms with E-state index >= 15 is 0 Å². The van der Waals surface area contributed by atoms with Crippen LogP contribution in [0.5, 0.6) is 5.75 Å². The molecule has 0 fully saturated rings. The minimum Gasteiger partial charge on any atom is -0.508 e. The average molecular weight is 386 g/mol. The lowest BCUT2D eigenvalue weighted by Gasteiger charge is -2.11. The van der Waals surface area contributed by atoms with E-state index in [-0.39, 0.29) is 24.7 Å². The molecule has 0 aliphatic rings. The summed E-state index contributed by atoms with van der Waals surface area (Å²) in [5.41, 5.74) is 9.31. The van der Waals surface area contributed by atoms with Gasteiger partial charge >= 0.3 is 0 Å². The Labute approximate surface area is 163 Å². The first kappa shape index (κ1) is 19.5. The predicted octanol–water partition coefficient (Wildman–Crippen LogP) is 4.70. The first-order chi connectivity index (χ1) is 12.9. The van der Waals surface area contributed by atoms with E-state index in [1.54, 1.807) is 24.1 Å². The Kier molecular flexibility index (Phi) is 5.89. The van der Waals surface area contributed by atoms with Crippen LogP contribution in [0.4, 0.5) is 4.39 Å². The normalized spacial score (nSPS) is 12.3. The first-order valence-electron chi connectivity index (χ1n) is 8.73. The SMILES string of the molecule is Cc1c(-c2cccc(SN(C)C)c2)c2cc(O)ccc2n1C/C(F)=C/CN. The molecule has 3 aromatic rings. The van der Waals surface area contributed by atoms with E-state index in [9.17, 15) is 9.50 Å². The Morgan fingerprint density at radius 2 is 2.04 bits per heavy atom. The molecule has 2 aromatic carbocycles. The molecule has 0 aliphatic carbocycles. The number of hydrogen-bond acceptors (Lipinski definition) is 4. The minimum atomic E-state index is -0.269. The molecule has 0 spiro atoms. The highest BCUT2D eigenvalue weighted by Gasteiger charge is 2.17. The van der Waals surface area contributed by atoms with E-state index in [4.69, 9.17) is 5.73 Å². The third-order valence-corrected chi connectivity index (χ3v) is 5.20. The van der Waals surface area contributed by atoms with Gasteiger partial charge in [-0.1, -0.05) is 12.1 Å². The Morgan fingerprint density at radius 3 is 2.74 bits per heavy atom. The van der Waals surface area contributed by atoms with E-state index < -0.39 is 0 Å². The lowest BCUT2D eigenvalue weighted by molar-refractivity contribution is 0.476. The zero-order chi connectivity index (χ0) is 19.6. The molecule has 0 amide bonds. The van der Waals surface area contributed by atoms with Crippen molar-refractivity contribution in [3.05, 3.63) is 60.1 Å². The van der Waals surface area contributed by atoms with Crippen molar-refractivity contribution >= 4 is 22.9 Å². The predicted molar refractivity (Wildman–Crippen MR) is 112 cm³/mol. The number of rotatable bonds is 6. The largest absolute Gasteiger partial charge is 0.508 e. The van der Waals surface area contributed by atoms with Crippen LogP contribution in [0.15, 0.2) is 59.3 Å². The van der Waals surface area contributed by atoms with Gasteiger partial charge in [0.2, 0.25) is 0 Å². The van der Waals surface area contributed by atoms with Crippen LogP contribution in [0.2, 0.25) is 0 Å². The summed E-state index contributed by atoms with van der Waals surface area (Å²) in [4.78, 5) is 1.12. The molecule has 0 bridgehead atoms. The summed E-state index contributed by atoms with van der Waals surface area (Å²) in [5, 5.41) is 10.9. The number of nitrogens with two attached hydrogens (primary N) is 1. The molecular weight excluding hydrogens is 361 g/mol. The van der Waals surface area contributed by atoms with E-state index in [0.29, 0.717) is 0 Å². The molecule has 1 heterocycles. The second-order valence-corrected chi connectivity index (χ2v) is 7.95. The second kappa shape index (κ2) is 8.17. The lowest BCUT2D eigenvalue weighted by Crippen LogP contribution is -2.03. The third kappa shape index (κ3) is 4.18. The molecule has 0 radical (unpaired) electrons. The van der Waals surface area contributed by atoms with Crippen LogP contribution < -0.4 is 5.73 Å². The summed E-state index contributed by atoms with van der Waals surface area (Å²) < 4.78 is 18.2. The number of fused-ring (bicyclic) bond motifs is 1. The number of aromatic hydroxyl groups is 1. The fourth-order valence-electron chi connectivity index (χ4n) is 3.30. The summed E-state index contributed by atoms with van der Waals surface area (Å²) >= 11 is 1.64. The van der Waals surface area contributed by atoms with E-state index in [0.717, 1.165) is 32.6 Å². The maximum absolute atomic E-state index is 14.2. The molecule has 0 atom stereocenters. The van der Waals surface area contributed by atoms with Gasteiger partial charge in [0.05, 0.1) is 6.54 Å².